The van der Waals surface area contributed by atoms with Crippen molar-refractivity contribution in [2.45, 2.75) is 20.4 Å². The Bertz CT molecular complexity index is 1050. The van der Waals surface area contributed by atoms with Crippen molar-refractivity contribution < 1.29 is 9.18 Å². The van der Waals surface area contributed by atoms with Crippen LogP contribution in [0.25, 0.3) is 11.3 Å². The van der Waals surface area contributed by atoms with Crippen LogP contribution < -0.4 is 5.56 Å². The smallest absolute Gasteiger partial charge is 0.251 e. The van der Waals surface area contributed by atoms with Gasteiger partial charge < -0.3 is 4.57 Å². The molecular formula is C20H16ClFN2O2. The van der Waals surface area contributed by atoms with Crippen LogP contribution in [0.2, 0.25) is 5.02 Å². The average molecular weight is 371 g/mol. The molecule has 0 fully saturated rings. The van der Waals surface area contributed by atoms with Gasteiger partial charge in [0.2, 0.25) is 0 Å². The summed E-state index contributed by atoms with van der Waals surface area (Å²) >= 11 is 6.04. The molecule has 0 aliphatic rings. The van der Waals surface area contributed by atoms with Gasteiger partial charge in [-0.1, -0.05) is 17.7 Å². The van der Waals surface area contributed by atoms with Crippen molar-refractivity contribution in [1.82, 2.24) is 9.55 Å². The molecule has 0 amide bonds. The summed E-state index contributed by atoms with van der Waals surface area (Å²) in [5, 5.41) is 0.317. The highest BCUT2D eigenvalue weighted by Crippen LogP contribution is 2.30. The van der Waals surface area contributed by atoms with Crippen molar-refractivity contribution in [3.63, 3.8) is 0 Å². The van der Waals surface area contributed by atoms with Crippen molar-refractivity contribution in [3.05, 3.63) is 86.7 Å². The minimum absolute atomic E-state index is 0.118. The first-order chi connectivity index (χ1) is 12.4. The summed E-state index contributed by atoms with van der Waals surface area (Å²) in [4.78, 5) is 29.0. The summed E-state index contributed by atoms with van der Waals surface area (Å²) in [6, 6.07) is 9.03. The molecule has 0 saturated heterocycles. The number of Topliss-reactive ketones (excluding diaryl/α,β-unsaturated/α-hetero) is 1. The molecule has 3 aromatic rings. The molecule has 6 heteroatoms. The van der Waals surface area contributed by atoms with Crippen LogP contribution in [-0.4, -0.2) is 15.3 Å². The summed E-state index contributed by atoms with van der Waals surface area (Å²) < 4.78 is 16.0. The number of rotatable bonds is 4. The molecule has 0 spiro atoms. The predicted molar refractivity (Wildman–Crippen MR) is 99.2 cm³/mol. The van der Waals surface area contributed by atoms with E-state index in [9.17, 15) is 14.0 Å². The summed E-state index contributed by atoms with van der Waals surface area (Å²) in [5.41, 5.74) is 1.58. The van der Waals surface area contributed by atoms with Gasteiger partial charge in [0, 0.05) is 34.6 Å². The molecule has 3 rings (SSSR count). The van der Waals surface area contributed by atoms with E-state index in [4.69, 9.17) is 11.6 Å². The van der Waals surface area contributed by atoms with Crippen LogP contribution in [0.4, 0.5) is 4.39 Å². The van der Waals surface area contributed by atoms with Gasteiger partial charge in [-0.3, -0.25) is 14.6 Å². The highest BCUT2D eigenvalue weighted by atomic mass is 35.5. The van der Waals surface area contributed by atoms with E-state index in [0.29, 0.717) is 16.1 Å². The molecule has 0 aliphatic carbocycles. The first-order valence-corrected chi connectivity index (χ1v) is 8.36. The van der Waals surface area contributed by atoms with E-state index in [1.165, 1.54) is 35.8 Å². The lowest BCUT2D eigenvalue weighted by Crippen LogP contribution is -2.25. The Balaban J connectivity index is 2.36. The Labute approximate surface area is 154 Å². The van der Waals surface area contributed by atoms with Gasteiger partial charge in [0.1, 0.15) is 5.82 Å². The average Bonchev–Trinajstić information content (AvgIpc) is 2.59. The SMILES string of the molecule is CC(=O)c1c(C)cc(=O)n(Cc2cccnc2)c1-c1cc(Cl)ccc1F. The maximum Gasteiger partial charge on any atom is 0.251 e. The van der Waals surface area contributed by atoms with E-state index in [1.807, 2.05) is 6.07 Å². The topological polar surface area (TPSA) is 52.0 Å². The number of halogens is 2. The molecule has 0 unspecified atom stereocenters. The monoisotopic (exact) mass is 370 g/mol. The van der Waals surface area contributed by atoms with E-state index in [0.717, 1.165) is 5.56 Å². The second kappa shape index (κ2) is 7.22. The zero-order valence-corrected chi connectivity index (χ0v) is 15.0. The molecule has 0 saturated carbocycles. The maximum absolute atomic E-state index is 14.6. The summed E-state index contributed by atoms with van der Waals surface area (Å²) in [5.74, 6) is -0.807. The van der Waals surface area contributed by atoms with Gasteiger partial charge in [0.25, 0.3) is 5.56 Å². The van der Waals surface area contributed by atoms with Gasteiger partial charge in [-0.05, 0) is 49.2 Å². The molecule has 26 heavy (non-hydrogen) atoms. The van der Waals surface area contributed by atoms with E-state index >= 15 is 0 Å². The third-order valence-electron chi connectivity index (χ3n) is 4.11. The van der Waals surface area contributed by atoms with E-state index in [-0.39, 0.29) is 29.1 Å². The van der Waals surface area contributed by atoms with Crippen molar-refractivity contribution in [2.75, 3.05) is 0 Å². The molecule has 0 atom stereocenters. The first-order valence-electron chi connectivity index (χ1n) is 7.98. The molecule has 1 aromatic carbocycles. The number of hydrogen-bond acceptors (Lipinski definition) is 3. The maximum atomic E-state index is 14.6. The van der Waals surface area contributed by atoms with E-state index in [2.05, 4.69) is 4.98 Å². The van der Waals surface area contributed by atoms with Crippen LogP contribution in [0, 0.1) is 12.7 Å². The Morgan fingerprint density at radius 2 is 2.04 bits per heavy atom. The summed E-state index contributed by atoms with van der Waals surface area (Å²) in [6.07, 6.45) is 3.25. The fourth-order valence-corrected chi connectivity index (χ4v) is 3.17. The highest BCUT2D eigenvalue weighted by molar-refractivity contribution is 6.30. The number of benzene rings is 1. The van der Waals surface area contributed by atoms with Crippen LogP contribution >= 0.6 is 11.6 Å². The molecule has 2 aromatic heterocycles. The van der Waals surface area contributed by atoms with Crippen molar-refractivity contribution >= 4 is 17.4 Å². The zero-order valence-electron chi connectivity index (χ0n) is 14.3. The quantitative estimate of drug-likeness (QED) is 0.645. The van der Waals surface area contributed by atoms with Gasteiger partial charge in [0.05, 0.1) is 12.2 Å². The number of aryl methyl sites for hydroxylation is 1. The molecule has 2 heterocycles. The lowest BCUT2D eigenvalue weighted by Gasteiger charge is -2.19. The lowest BCUT2D eigenvalue weighted by molar-refractivity contribution is 0.101. The molecule has 0 radical (unpaired) electrons. The lowest BCUT2D eigenvalue weighted by atomic mass is 9.97. The largest absolute Gasteiger partial charge is 0.303 e. The van der Waals surface area contributed by atoms with Crippen LogP contribution in [-0.2, 0) is 6.54 Å². The van der Waals surface area contributed by atoms with Crippen LogP contribution in [0.5, 0.6) is 0 Å². The normalized spacial score (nSPS) is 10.8. The van der Waals surface area contributed by atoms with Crippen molar-refractivity contribution in [3.8, 4) is 11.3 Å². The number of carbonyl (C=O) groups excluding carboxylic acids is 1. The molecule has 0 bridgehead atoms. The van der Waals surface area contributed by atoms with Crippen molar-refractivity contribution in [2.24, 2.45) is 0 Å². The molecular weight excluding hydrogens is 355 g/mol. The number of nitrogens with zero attached hydrogens (tertiary/aromatic N) is 2. The third kappa shape index (κ3) is 3.44. The number of ketones is 1. The molecule has 0 N–H and O–H groups in total. The predicted octanol–water partition coefficient (Wildman–Crippen LogP) is 4.26. The first kappa shape index (κ1) is 18.0. The highest BCUT2D eigenvalue weighted by Gasteiger charge is 2.21. The fourth-order valence-electron chi connectivity index (χ4n) is 3.00. The number of aromatic nitrogens is 2. The summed E-state index contributed by atoms with van der Waals surface area (Å²) in [7, 11) is 0. The van der Waals surface area contributed by atoms with E-state index in [1.54, 1.807) is 25.4 Å². The van der Waals surface area contributed by atoms with Crippen LogP contribution in [0.3, 0.4) is 0 Å². The number of carbonyl (C=O) groups is 1. The van der Waals surface area contributed by atoms with Crippen LogP contribution in [0.15, 0.2) is 53.6 Å². The van der Waals surface area contributed by atoms with Crippen molar-refractivity contribution in [1.29, 1.82) is 0 Å². The summed E-state index contributed by atoms with van der Waals surface area (Å²) in [6.45, 7) is 3.22. The standard InChI is InChI=1S/C20H16ClFN2O2/c1-12-8-18(26)24(11-14-4-3-7-23-10-14)20(19(12)13(2)25)16-9-15(21)5-6-17(16)22/h3-10H,11H2,1-2H3. The van der Waals surface area contributed by atoms with Gasteiger partial charge in [-0.2, -0.15) is 0 Å². The Kier molecular flexibility index (Phi) is 5.00. The van der Waals surface area contributed by atoms with Gasteiger partial charge >= 0.3 is 0 Å². The van der Waals surface area contributed by atoms with Gasteiger partial charge in [0.15, 0.2) is 5.78 Å². The second-order valence-electron chi connectivity index (χ2n) is 6.02. The Morgan fingerprint density at radius 1 is 1.27 bits per heavy atom. The number of pyridine rings is 2. The Morgan fingerprint density at radius 3 is 2.69 bits per heavy atom. The number of hydrogen-bond donors (Lipinski definition) is 0. The van der Waals surface area contributed by atoms with Gasteiger partial charge in [-0.25, -0.2) is 4.39 Å². The minimum atomic E-state index is -0.554. The molecule has 0 aliphatic heterocycles. The third-order valence-corrected chi connectivity index (χ3v) is 4.34. The zero-order chi connectivity index (χ0) is 18.8. The molecule has 4 nitrogen and oxygen atoms in total. The van der Waals surface area contributed by atoms with Gasteiger partial charge in [-0.15, -0.1) is 0 Å². The van der Waals surface area contributed by atoms with Crippen LogP contribution in [0.1, 0.15) is 28.4 Å². The minimum Gasteiger partial charge on any atom is -0.303 e. The fraction of sp³-hybridized carbons (Fsp3) is 0.150. The Hall–Kier alpha value is -2.79. The van der Waals surface area contributed by atoms with E-state index < -0.39 is 5.82 Å². The second-order valence-corrected chi connectivity index (χ2v) is 6.45. The molecule has 132 valence electrons.